The SMILES string of the molecule is [CH2]C=C.[I-].[I-].[Sm]. The van der Waals surface area contributed by atoms with Crippen molar-refractivity contribution in [1.29, 1.82) is 0 Å². The molecule has 0 aromatic rings. The van der Waals surface area contributed by atoms with E-state index in [2.05, 4.69) is 13.5 Å². The van der Waals surface area contributed by atoms with Crippen LogP contribution in [0, 0.1) is 47.3 Å². The van der Waals surface area contributed by atoms with Gasteiger partial charge in [-0.2, -0.15) is 0 Å². The number of hydrogen-bond donors (Lipinski definition) is 0. The fraction of sp³-hybridized carbons (Fsp3) is 0. The van der Waals surface area contributed by atoms with Gasteiger partial charge < -0.3 is 48.0 Å². The second-order valence-corrected chi connectivity index (χ2v) is 0.289. The van der Waals surface area contributed by atoms with Crippen LogP contribution in [0.4, 0.5) is 0 Å². The van der Waals surface area contributed by atoms with Crippen molar-refractivity contribution in [2.45, 2.75) is 0 Å². The standard InChI is InChI=1S/C3H5.2HI.Sm/c1-3-2;;;/h3H,1-2H2;2*1H;/p-2. The minimum Gasteiger partial charge on any atom is -1.00 e. The Labute approximate surface area is 106 Å². The van der Waals surface area contributed by atoms with Crippen molar-refractivity contribution in [2.75, 3.05) is 0 Å². The van der Waals surface area contributed by atoms with Crippen molar-refractivity contribution in [1.82, 2.24) is 0 Å². The van der Waals surface area contributed by atoms with E-state index in [-0.39, 0.29) is 88.3 Å². The maximum atomic E-state index is 3.25. The normalized spacial score (nSPS) is 2.17. The van der Waals surface area contributed by atoms with E-state index in [1.165, 1.54) is 6.08 Å². The third-order valence-electron chi connectivity index (χ3n) is 0. The Morgan fingerprint density at radius 2 is 1.17 bits per heavy atom. The molecule has 39 valence electrons. The average molecular weight is 445 g/mol. The number of rotatable bonds is 0. The van der Waals surface area contributed by atoms with Crippen LogP contribution in [-0.2, 0) is 0 Å². The molecule has 0 N–H and O–H groups in total. The van der Waals surface area contributed by atoms with Crippen LogP contribution >= 0.6 is 0 Å². The van der Waals surface area contributed by atoms with Crippen LogP contribution in [0.5, 0.6) is 0 Å². The molecule has 1 radical (unpaired) electrons. The topological polar surface area (TPSA) is 0 Å². The molecule has 0 amide bonds. The third kappa shape index (κ3) is 31.1. The van der Waals surface area contributed by atoms with Crippen molar-refractivity contribution in [3.8, 4) is 0 Å². The van der Waals surface area contributed by atoms with Crippen molar-refractivity contribution in [3.05, 3.63) is 19.6 Å². The van der Waals surface area contributed by atoms with Gasteiger partial charge in [0.05, 0.1) is 0 Å². The first-order valence-corrected chi connectivity index (χ1v) is 0.816. The Morgan fingerprint density at radius 3 is 1.17 bits per heavy atom. The predicted octanol–water partition coefficient (Wildman–Crippen LogP) is -4.99. The van der Waals surface area contributed by atoms with E-state index in [1.807, 2.05) is 0 Å². The van der Waals surface area contributed by atoms with E-state index in [0.29, 0.717) is 0 Å². The first-order valence-electron chi connectivity index (χ1n) is 0.816. The summed E-state index contributed by atoms with van der Waals surface area (Å²) >= 11 is 0. The smallest absolute Gasteiger partial charge is 0 e. The summed E-state index contributed by atoms with van der Waals surface area (Å²) in [5.74, 6) is 0. The van der Waals surface area contributed by atoms with Crippen LogP contribution in [0.2, 0.25) is 0 Å². The summed E-state index contributed by atoms with van der Waals surface area (Å²) in [6.45, 7) is 6.50. The zero-order valence-electron chi connectivity index (χ0n) is 3.16. The summed E-state index contributed by atoms with van der Waals surface area (Å²) in [5, 5.41) is 0. The van der Waals surface area contributed by atoms with Crippen LogP contribution in [-0.4, -0.2) is 0 Å². The maximum Gasteiger partial charge on any atom is 0 e. The van der Waals surface area contributed by atoms with Crippen LogP contribution in [0.25, 0.3) is 0 Å². The van der Waals surface area contributed by atoms with Gasteiger partial charge in [0.2, 0.25) is 0 Å². The van der Waals surface area contributed by atoms with Gasteiger partial charge in [-0.1, -0.05) is 6.08 Å². The molecular formula is C3H5I2Sm-2. The summed E-state index contributed by atoms with van der Waals surface area (Å²) in [5.41, 5.74) is 0. The number of hydrogen-bond acceptors (Lipinski definition) is 0. The van der Waals surface area contributed by atoms with E-state index >= 15 is 0 Å². The predicted molar refractivity (Wildman–Crippen MR) is 15.6 cm³/mol. The molecule has 0 bridgehead atoms. The molecule has 0 saturated carbocycles. The second-order valence-electron chi connectivity index (χ2n) is 0.289. The largest absolute Gasteiger partial charge is 1.00 e. The van der Waals surface area contributed by atoms with Gasteiger partial charge in [-0.05, 0) is 6.92 Å². The Hall–Kier alpha value is 2.54. The zero-order chi connectivity index (χ0) is 2.71. The van der Waals surface area contributed by atoms with Gasteiger partial charge >= 0.3 is 0 Å². The van der Waals surface area contributed by atoms with Gasteiger partial charge in [0.15, 0.2) is 0 Å². The summed E-state index contributed by atoms with van der Waals surface area (Å²) in [6.07, 6.45) is 1.50. The van der Waals surface area contributed by atoms with Crippen molar-refractivity contribution >= 4 is 0 Å². The molecule has 6 heavy (non-hydrogen) atoms. The molecule has 0 atom stereocenters. The van der Waals surface area contributed by atoms with Gasteiger partial charge in [0.25, 0.3) is 0 Å². The molecule has 0 fully saturated rings. The van der Waals surface area contributed by atoms with E-state index in [1.54, 1.807) is 0 Å². The minimum absolute atomic E-state index is 0. The van der Waals surface area contributed by atoms with E-state index in [9.17, 15) is 0 Å². The van der Waals surface area contributed by atoms with Gasteiger partial charge in [-0.3, -0.25) is 0 Å². The van der Waals surface area contributed by atoms with Crippen molar-refractivity contribution < 1.29 is 88.3 Å². The van der Waals surface area contributed by atoms with Crippen LogP contribution in [0.3, 0.4) is 0 Å². The molecule has 0 unspecified atom stereocenters. The molecule has 0 aliphatic carbocycles. The second kappa shape index (κ2) is 25.7. The Kier molecular flexibility index (Phi) is 101. The molecule has 0 nitrogen and oxygen atoms in total. The molecular weight excluding hydrogens is 440 g/mol. The third-order valence-corrected chi connectivity index (χ3v) is 0. The average Bonchev–Trinajstić information content (AvgIpc) is 0.918. The summed E-state index contributed by atoms with van der Waals surface area (Å²) in [4.78, 5) is 0. The Balaban J connectivity index is -0.00000000667. The summed E-state index contributed by atoms with van der Waals surface area (Å²) in [6, 6.07) is 0. The molecule has 0 heterocycles. The molecule has 0 spiro atoms. The molecule has 0 aliphatic rings. The molecule has 0 aromatic carbocycles. The quantitative estimate of drug-likeness (QED) is 0.328. The van der Waals surface area contributed by atoms with Gasteiger partial charge in [0.1, 0.15) is 0 Å². The van der Waals surface area contributed by atoms with Crippen LogP contribution in [0.15, 0.2) is 12.7 Å². The van der Waals surface area contributed by atoms with Crippen molar-refractivity contribution in [3.63, 3.8) is 0 Å². The maximum absolute atomic E-state index is 3.25. The number of allylic oxidation sites excluding steroid dienone is 1. The van der Waals surface area contributed by atoms with Gasteiger partial charge in [-0.15, -0.1) is 6.58 Å². The van der Waals surface area contributed by atoms with Crippen LogP contribution < -0.4 is 48.0 Å². The van der Waals surface area contributed by atoms with E-state index < -0.39 is 0 Å². The van der Waals surface area contributed by atoms with Gasteiger partial charge in [-0.25, -0.2) is 0 Å². The number of halogens is 2. The first kappa shape index (κ1) is 23.6. The van der Waals surface area contributed by atoms with Gasteiger partial charge in [0, 0.05) is 40.4 Å². The molecule has 0 aliphatic heterocycles. The molecule has 0 saturated heterocycles. The summed E-state index contributed by atoms with van der Waals surface area (Å²) < 4.78 is 0. The monoisotopic (exact) mass is 447 g/mol. The molecule has 0 aromatic heterocycles. The fourth-order valence-corrected chi connectivity index (χ4v) is 0. The van der Waals surface area contributed by atoms with Crippen molar-refractivity contribution in [2.24, 2.45) is 0 Å². The Morgan fingerprint density at radius 1 is 1.17 bits per heavy atom. The zero-order valence-corrected chi connectivity index (χ0v) is 10.1. The molecule has 0 rings (SSSR count). The molecule has 3 heteroatoms. The van der Waals surface area contributed by atoms with E-state index in [4.69, 9.17) is 0 Å². The fourth-order valence-electron chi connectivity index (χ4n) is 0. The first-order chi connectivity index (χ1) is 1.41. The summed E-state index contributed by atoms with van der Waals surface area (Å²) in [7, 11) is 0. The Bertz CT molecular complexity index is 16.3. The van der Waals surface area contributed by atoms with E-state index in [0.717, 1.165) is 0 Å². The van der Waals surface area contributed by atoms with Crippen LogP contribution in [0.1, 0.15) is 0 Å². The minimum atomic E-state index is 0.